The number of rotatable bonds is 4. The van der Waals surface area contributed by atoms with E-state index in [1.807, 2.05) is 20.8 Å². The van der Waals surface area contributed by atoms with Gasteiger partial charge in [0.15, 0.2) is 17.3 Å². The molecule has 0 radical (unpaired) electrons. The Morgan fingerprint density at radius 3 is 2.58 bits per heavy atom. The second kappa shape index (κ2) is 6.96. The quantitative estimate of drug-likeness (QED) is 0.666. The summed E-state index contributed by atoms with van der Waals surface area (Å²) in [5.74, 6) is 1.01. The summed E-state index contributed by atoms with van der Waals surface area (Å²) in [4.78, 5) is 8.50. The van der Waals surface area contributed by atoms with Gasteiger partial charge in [-0.3, -0.25) is 0 Å². The Kier molecular flexibility index (Phi) is 4.87. The summed E-state index contributed by atoms with van der Waals surface area (Å²) in [5.41, 5.74) is 0.457. The summed E-state index contributed by atoms with van der Waals surface area (Å²) in [6.07, 6.45) is 1.40. The highest BCUT2D eigenvalue weighted by molar-refractivity contribution is 6.31. The van der Waals surface area contributed by atoms with Gasteiger partial charge >= 0.3 is 0 Å². The third-order valence-corrected chi connectivity index (χ3v) is 3.83. The van der Waals surface area contributed by atoms with Crippen molar-refractivity contribution >= 4 is 34.0 Å². The van der Waals surface area contributed by atoms with E-state index in [1.54, 1.807) is 31.4 Å². The van der Waals surface area contributed by atoms with Crippen molar-refractivity contribution in [2.75, 3.05) is 12.4 Å². The summed E-state index contributed by atoms with van der Waals surface area (Å²) in [5, 5.41) is 3.68. The van der Waals surface area contributed by atoms with E-state index in [9.17, 15) is 4.39 Å². The topological polar surface area (TPSA) is 56.3 Å². The first-order chi connectivity index (χ1) is 12.3. The average Bonchev–Trinajstić information content (AvgIpc) is 2.57. The smallest absolute Gasteiger partial charge is 0.165 e. The molecule has 7 heteroatoms. The van der Waals surface area contributed by atoms with Gasteiger partial charge in [-0.15, -0.1) is 0 Å². The van der Waals surface area contributed by atoms with Gasteiger partial charge in [0, 0.05) is 11.5 Å². The van der Waals surface area contributed by atoms with Crippen molar-refractivity contribution in [1.82, 2.24) is 9.97 Å². The number of fused-ring (bicyclic) bond motifs is 1. The lowest BCUT2D eigenvalue weighted by Gasteiger charge is -2.23. The van der Waals surface area contributed by atoms with Crippen LogP contribution in [0, 0.1) is 5.82 Å². The van der Waals surface area contributed by atoms with Crippen LogP contribution >= 0.6 is 11.6 Å². The molecule has 0 aliphatic rings. The Morgan fingerprint density at radius 2 is 1.88 bits per heavy atom. The van der Waals surface area contributed by atoms with Gasteiger partial charge < -0.3 is 14.8 Å². The lowest BCUT2D eigenvalue weighted by atomic mass is 10.1. The van der Waals surface area contributed by atoms with Crippen molar-refractivity contribution < 1.29 is 13.9 Å². The summed E-state index contributed by atoms with van der Waals surface area (Å²) < 4.78 is 25.6. The minimum absolute atomic E-state index is 0.0341. The zero-order valence-corrected chi connectivity index (χ0v) is 15.7. The number of hydrogen-bond donors (Lipinski definition) is 1. The van der Waals surface area contributed by atoms with Crippen molar-refractivity contribution in [2.24, 2.45) is 0 Å². The molecule has 0 amide bonds. The molecule has 1 aromatic heterocycles. The van der Waals surface area contributed by atoms with Crippen molar-refractivity contribution in [3.05, 3.63) is 47.5 Å². The number of benzene rings is 2. The monoisotopic (exact) mass is 375 g/mol. The van der Waals surface area contributed by atoms with Crippen molar-refractivity contribution in [1.29, 1.82) is 0 Å². The maximum Gasteiger partial charge on any atom is 0.165 e. The second-order valence-corrected chi connectivity index (χ2v) is 7.09. The van der Waals surface area contributed by atoms with Crippen molar-refractivity contribution in [3.63, 3.8) is 0 Å². The molecule has 0 spiro atoms. The molecule has 2 aromatic carbocycles. The first-order valence-corrected chi connectivity index (χ1v) is 8.39. The van der Waals surface area contributed by atoms with Gasteiger partial charge in [0.05, 0.1) is 23.3 Å². The van der Waals surface area contributed by atoms with E-state index in [-0.39, 0.29) is 10.7 Å². The highest BCUT2D eigenvalue weighted by atomic mass is 35.5. The summed E-state index contributed by atoms with van der Waals surface area (Å²) in [7, 11) is 1.57. The van der Waals surface area contributed by atoms with Gasteiger partial charge in [0.25, 0.3) is 0 Å². The Bertz CT molecular complexity index is 957. The van der Waals surface area contributed by atoms with Gasteiger partial charge in [-0.25, -0.2) is 14.4 Å². The van der Waals surface area contributed by atoms with Crippen LogP contribution in [0.5, 0.6) is 11.5 Å². The van der Waals surface area contributed by atoms with Crippen LogP contribution in [0.25, 0.3) is 10.9 Å². The normalized spacial score (nSPS) is 11.5. The van der Waals surface area contributed by atoms with Crippen LogP contribution in [0.1, 0.15) is 20.8 Å². The Morgan fingerprint density at radius 1 is 1.12 bits per heavy atom. The van der Waals surface area contributed by atoms with Gasteiger partial charge in [0.1, 0.15) is 17.7 Å². The largest absolute Gasteiger partial charge is 0.493 e. The first kappa shape index (κ1) is 18.2. The predicted octanol–water partition coefficient (Wildman–Crippen LogP) is 5.35. The van der Waals surface area contributed by atoms with Crippen LogP contribution < -0.4 is 14.8 Å². The number of hydrogen-bond acceptors (Lipinski definition) is 5. The van der Waals surface area contributed by atoms with Gasteiger partial charge in [-0.2, -0.15) is 0 Å². The number of ether oxygens (including phenoxy) is 2. The molecule has 26 heavy (non-hydrogen) atoms. The summed E-state index contributed by atoms with van der Waals surface area (Å²) >= 11 is 5.85. The molecule has 0 fully saturated rings. The van der Waals surface area contributed by atoms with E-state index in [4.69, 9.17) is 21.1 Å². The molecular formula is C19H19ClFN3O2. The van der Waals surface area contributed by atoms with Gasteiger partial charge in [0.2, 0.25) is 0 Å². The minimum atomic E-state index is -0.541. The van der Waals surface area contributed by atoms with Crippen LogP contribution in [0.3, 0.4) is 0 Å². The van der Waals surface area contributed by atoms with E-state index in [0.717, 1.165) is 0 Å². The average molecular weight is 376 g/mol. The Labute approximate surface area is 156 Å². The van der Waals surface area contributed by atoms with Crippen molar-refractivity contribution in [2.45, 2.75) is 26.4 Å². The fourth-order valence-electron chi connectivity index (χ4n) is 2.46. The van der Waals surface area contributed by atoms with Crippen LogP contribution in [-0.2, 0) is 0 Å². The molecular weight excluding hydrogens is 357 g/mol. The lowest BCUT2D eigenvalue weighted by molar-refractivity contribution is 0.126. The Hall–Kier alpha value is -2.60. The maximum atomic E-state index is 14.2. The number of anilines is 2. The van der Waals surface area contributed by atoms with E-state index < -0.39 is 11.4 Å². The lowest BCUT2D eigenvalue weighted by Crippen LogP contribution is -2.23. The van der Waals surface area contributed by atoms with E-state index in [1.165, 1.54) is 12.4 Å². The van der Waals surface area contributed by atoms with Crippen LogP contribution in [0.2, 0.25) is 5.02 Å². The molecule has 5 nitrogen and oxygen atoms in total. The molecule has 0 atom stereocenters. The van der Waals surface area contributed by atoms with E-state index >= 15 is 0 Å². The maximum absolute atomic E-state index is 14.2. The molecule has 0 saturated heterocycles. The number of halogens is 2. The first-order valence-electron chi connectivity index (χ1n) is 8.01. The zero-order chi connectivity index (χ0) is 18.9. The molecule has 0 aliphatic carbocycles. The molecule has 0 bridgehead atoms. The second-order valence-electron chi connectivity index (χ2n) is 6.68. The zero-order valence-electron chi connectivity index (χ0n) is 14.9. The minimum Gasteiger partial charge on any atom is -0.493 e. The van der Waals surface area contributed by atoms with Gasteiger partial charge in [-0.1, -0.05) is 17.7 Å². The molecule has 0 saturated carbocycles. The van der Waals surface area contributed by atoms with Crippen LogP contribution in [0.15, 0.2) is 36.7 Å². The SMILES string of the molecule is COc1cc2ncnc(Nc3cccc(Cl)c3F)c2cc1OC(C)(C)C. The fourth-order valence-corrected chi connectivity index (χ4v) is 2.64. The highest BCUT2D eigenvalue weighted by Gasteiger charge is 2.18. The molecule has 0 unspecified atom stereocenters. The number of nitrogens with one attached hydrogen (secondary N) is 1. The predicted molar refractivity (Wildman–Crippen MR) is 101 cm³/mol. The van der Waals surface area contributed by atoms with Crippen LogP contribution in [0.4, 0.5) is 15.9 Å². The van der Waals surface area contributed by atoms with Gasteiger partial charge in [-0.05, 0) is 39.0 Å². The van der Waals surface area contributed by atoms with E-state index in [2.05, 4.69) is 15.3 Å². The third-order valence-electron chi connectivity index (χ3n) is 3.54. The van der Waals surface area contributed by atoms with Crippen LogP contribution in [-0.4, -0.2) is 22.7 Å². The standard InChI is InChI=1S/C19H19ClFN3O2/c1-19(2,3)26-16-8-11-14(9-15(16)25-4)22-10-23-18(11)24-13-7-5-6-12(20)17(13)21/h5-10H,1-4H3,(H,22,23,24). The third kappa shape index (κ3) is 3.80. The number of methoxy groups -OCH3 is 1. The Balaban J connectivity index is 2.11. The molecule has 3 aromatic rings. The molecule has 1 N–H and O–H groups in total. The molecule has 1 heterocycles. The van der Waals surface area contributed by atoms with E-state index in [0.29, 0.717) is 28.2 Å². The highest BCUT2D eigenvalue weighted by Crippen LogP contribution is 2.37. The summed E-state index contributed by atoms with van der Waals surface area (Å²) in [6, 6.07) is 8.28. The molecule has 0 aliphatic heterocycles. The number of aromatic nitrogens is 2. The molecule has 136 valence electrons. The number of nitrogens with zero attached hydrogens (tertiary/aromatic N) is 2. The summed E-state index contributed by atoms with van der Waals surface area (Å²) in [6.45, 7) is 5.83. The fraction of sp³-hybridized carbons (Fsp3) is 0.263. The molecule has 3 rings (SSSR count). The van der Waals surface area contributed by atoms with Crippen molar-refractivity contribution in [3.8, 4) is 11.5 Å².